The van der Waals surface area contributed by atoms with Crippen molar-refractivity contribution in [3.8, 4) is 0 Å². The van der Waals surface area contributed by atoms with Gasteiger partial charge in [-0.1, -0.05) is 6.92 Å². The van der Waals surface area contributed by atoms with Gasteiger partial charge in [0.05, 0.1) is 17.7 Å². The number of amides is 1. The van der Waals surface area contributed by atoms with Crippen LogP contribution >= 0.6 is 0 Å². The molecule has 0 aliphatic heterocycles. The van der Waals surface area contributed by atoms with Crippen LogP contribution in [-0.2, 0) is 14.3 Å². The quantitative estimate of drug-likeness (QED) is 0.777. The molecule has 2 aromatic rings. The highest BCUT2D eigenvalue weighted by molar-refractivity contribution is 5.96. The SMILES string of the molecule is CCCOC(=O)c1ccc(NC(=O)COC(=O)c2cccnc2)cc1. The van der Waals surface area contributed by atoms with E-state index in [1.54, 1.807) is 36.4 Å². The first-order chi connectivity index (χ1) is 12.1. The number of benzene rings is 1. The Hall–Kier alpha value is -3.22. The fourth-order valence-corrected chi connectivity index (χ4v) is 1.86. The van der Waals surface area contributed by atoms with Gasteiger partial charge >= 0.3 is 11.9 Å². The Labute approximate surface area is 145 Å². The Morgan fingerprint density at radius 2 is 1.72 bits per heavy atom. The van der Waals surface area contributed by atoms with Crippen molar-refractivity contribution >= 4 is 23.5 Å². The van der Waals surface area contributed by atoms with Gasteiger partial charge in [0, 0.05) is 18.1 Å². The van der Waals surface area contributed by atoms with Crippen LogP contribution < -0.4 is 5.32 Å². The molecule has 0 bridgehead atoms. The summed E-state index contributed by atoms with van der Waals surface area (Å²) >= 11 is 0. The zero-order valence-electron chi connectivity index (χ0n) is 13.7. The molecule has 1 heterocycles. The lowest BCUT2D eigenvalue weighted by atomic mass is 10.2. The number of pyridine rings is 1. The van der Waals surface area contributed by atoms with Crippen molar-refractivity contribution in [2.45, 2.75) is 13.3 Å². The van der Waals surface area contributed by atoms with Crippen LogP contribution in [0.5, 0.6) is 0 Å². The molecule has 25 heavy (non-hydrogen) atoms. The normalized spacial score (nSPS) is 9.96. The van der Waals surface area contributed by atoms with Gasteiger partial charge in [-0.3, -0.25) is 9.78 Å². The highest BCUT2D eigenvalue weighted by Crippen LogP contribution is 2.11. The molecule has 0 aliphatic carbocycles. The van der Waals surface area contributed by atoms with E-state index >= 15 is 0 Å². The minimum absolute atomic E-state index is 0.269. The number of carbonyl (C=O) groups is 3. The van der Waals surface area contributed by atoms with Crippen LogP contribution in [0.15, 0.2) is 48.8 Å². The van der Waals surface area contributed by atoms with Crippen LogP contribution in [0.1, 0.15) is 34.1 Å². The number of hydrogen-bond donors (Lipinski definition) is 1. The second-order valence-corrected chi connectivity index (χ2v) is 5.08. The molecular formula is C18H18N2O5. The number of nitrogens with zero attached hydrogens (tertiary/aromatic N) is 1. The Kier molecular flexibility index (Phi) is 6.65. The first-order valence-electron chi connectivity index (χ1n) is 7.74. The summed E-state index contributed by atoms with van der Waals surface area (Å²) in [7, 11) is 0. The third-order valence-electron chi connectivity index (χ3n) is 3.07. The summed E-state index contributed by atoms with van der Waals surface area (Å²) in [5, 5.41) is 2.57. The van der Waals surface area contributed by atoms with E-state index in [2.05, 4.69) is 10.3 Å². The molecule has 1 aromatic heterocycles. The second-order valence-electron chi connectivity index (χ2n) is 5.08. The molecule has 0 saturated heterocycles. The lowest BCUT2D eigenvalue weighted by Crippen LogP contribution is -2.21. The maximum absolute atomic E-state index is 11.8. The van der Waals surface area contributed by atoms with Gasteiger partial charge in [-0.15, -0.1) is 0 Å². The maximum Gasteiger partial charge on any atom is 0.340 e. The summed E-state index contributed by atoms with van der Waals surface area (Å²) in [5.41, 5.74) is 1.15. The molecular weight excluding hydrogens is 324 g/mol. The van der Waals surface area contributed by atoms with Crippen LogP contribution in [0.4, 0.5) is 5.69 Å². The average Bonchev–Trinajstić information content (AvgIpc) is 2.65. The molecule has 0 spiro atoms. The molecule has 7 heteroatoms. The summed E-state index contributed by atoms with van der Waals surface area (Å²) < 4.78 is 9.92. The Bertz CT molecular complexity index is 729. The molecule has 0 unspecified atom stereocenters. The molecule has 0 aliphatic rings. The number of anilines is 1. The van der Waals surface area contributed by atoms with Gasteiger partial charge < -0.3 is 14.8 Å². The van der Waals surface area contributed by atoms with Crippen molar-refractivity contribution in [3.63, 3.8) is 0 Å². The third-order valence-corrected chi connectivity index (χ3v) is 3.07. The fraction of sp³-hybridized carbons (Fsp3) is 0.222. The molecule has 1 N–H and O–H groups in total. The van der Waals surface area contributed by atoms with E-state index in [4.69, 9.17) is 9.47 Å². The van der Waals surface area contributed by atoms with E-state index in [0.717, 1.165) is 6.42 Å². The highest BCUT2D eigenvalue weighted by atomic mass is 16.5. The maximum atomic E-state index is 11.8. The molecule has 7 nitrogen and oxygen atoms in total. The van der Waals surface area contributed by atoms with Crippen molar-refractivity contribution in [1.82, 2.24) is 4.98 Å². The minimum atomic E-state index is -0.628. The van der Waals surface area contributed by atoms with E-state index < -0.39 is 24.5 Å². The molecule has 0 radical (unpaired) electrons. The van der Waals surface area contributed by atoms with Gasteiger partial charge in [-0.05, 0) is 42.8 Å². The summed E-state index contributed by atoms with van der Waals surface area (Å²) in [6.07, 6.45) is 3.64. The number of nitrogens with one attached hydrogen (secondary N) is 1. The minimum Gasteiger partial charge on any atom is -0.462 e. The van der Waals surface area contributed by atoms with Gasteiger partial charge in [0.15, 0.2) is 6.61 Å². The second kappa shape index (κ2) is 9.17. The van der Waals surface area contributed by atoms with Gasteiger partial charge in [0.2, 0.25) is 0 Å². The molecule has 1 amide bonds. The van der Waals surface area contributed by atoms with Crippen molar-refractivity contribution in [1.29, 1.82) is 0 Å². The highest BCUT2D eigenvalue weighted by Gasteiger charge is 2.11. The van der Waals surface area contributed by atoms with Gasteiger partial charge in [-0.25, -0.2) is 9.59 Å². The lowest BCUT2D eigenvalue weighted by molar-refractivity contribution is -0.119. The molecule has 0 atom stereocenters. The number of ether oxygens (including phenoxy) is 2. The molecule has 0 saturated carbocycles. The standard InChI is InChI=1S/C18H18N2O5/c1-2-10-24-17(22)13-5-7-15(8-6-13)20-16(21)12-25-18(23)14-4-3-9-19-11-14/h3-9,11H,2,10,12H2,1H3,(H,20,21). The first kappa shape index (κ1) is 18.1. The lowest BCUT2D eigenvalue weighted by Gasteiger charge is -2.07. The number of hydrogen-bond acceptors (Lipinski definition) is 6. The zero-order valence-corrected chi connectivity index (χ0v) is 13.7. The van der Waals surface area contributed by atoms with Gasteiger partial charge in [0.1, 0.15) is 0 Å². The predicted molar refractivity (Wildman–Crippen MR) is 90.2 cm³/mol. The van der Waals surface area contributed by atoms with Crippen molar-refractivity contribution in [2.24, 2.45) is 0 Å². The average molecular weight is 342 g/mol. The summed E-state index contributed by atoms with van der Waals surface area (Å²) in [6, 6.07) is 9.39. The molecule has 130 valence electrons. The molecule has 0 fully saturated rings. The topological polar surface area (TPSA) is 94.6 Å². The number of carbonyl (C=O) groups excluding carboxylic acids is 3. The van der Waals surface area contributed by atoms with E-state index in [-0.39, 0.29) is 5.56 Å². The first-order valence-corrected chi connectivity index (χ1v) is 7.74. The third kappa shape index (κ3) is 5.72. The van der Waals surface area contributed by atoms with Crippen LogP contribution in [0.25, 0.3) is 0 Å². The summed E-state index contributed by atoms with van der Waals surface area (Å²) in [6.45, 7) is 1.85. The Morgan fingerprint density at radius 1 is 1.00 bits per heavy atom. The van der Waals surface area contributed by atoms with Crippen LogP contribution in [-0.4, -0.2) is 36.0 Å². The van der Waals surface area contributed by atoms with E-state index in [1.807, 2.05) is 6.92 Å². The van der Waals surface area contributed by atoms with Crippen LogP contribution in [0.3, 0.4) is 0 Å². The van der Waals surface area contributed by atoms with Crippen molar-refractivity contribution < 1.29 is 23.9 Å². The van der Waals surface area contributed by atoms with E-state index in [9.17, 15) is 14.4 Å². The molecule has 1 aromatic carbocycles. The smallest absolute Gasteiger partial charge is 0.340 e. The van der Waals surface area contributed by atoms with E-state index in [0.29, 0.717) is 17.9 Å². The summed E-state index contributed by atoms with van der Waals surface area (Å²) in [4.78, 5) is 39.0. The molecule has 2 rings (SSSR count). The Balaban J connectivity index is 1.82. The number of rotatable bonds is 7. The van der Waals surface area contributed by atoms with Gasteiger partial charge in [-0.2, -0.15) is 0 Å². The Morgan fingerprint density at radius 3 is 2.36 bits per heavy atom. The van der Waals surface area contributed by atoms with Crippen molar-refractivity contribution in [3.05, 3.63) is 59.9 Å². The summed E-state index contributed by atoms with van der Waals surface area (Å²) in [5.74, 6) is -1.53. The largest absolute Gasteiger partial charge is 0.462 e. The van der Waals surface area contributed by atoms with Gasteiger partial charge in [0.25, 0.3) is 5.91 Å². The van der Waals surface area contributed by atoms with Crippen LogP contribution in [0, 0.1) is 0 Å². The van der Waals surface area contributed by atoms with E-state index in [1.165, 1.54) is 12.4 Å². The predicted octanol–water partition coefficient (Wildman–Crippen LogP) is 2.44. The van der Waals surface area contributed by atoms with Crippen molar-refractivity contribution in [2.75, 3.05) is 18.5 Å². The zero-order chi connectivity index (χ0) is 18.1. The number of aromatic nitrogens is 1. The fourth-order valence-electron chi connectivity index (χ4n) is 1.86. The number of esters is 2. The monoisotopic (exact) mass is 342 g/mol. The van der Waals surface area contributed by atoms with Crippen LogP contribution in [0.2, 0.25) is 0 Å².